The number of nitrogens with zero attached hydrogens (tertiary/aromatic N) is 1. The maximum Gasteiger partial charge on any atom is 0.0791 e. The van der Waals surface area contributed by atoms with Crippen LogP contribution in [-0.4, -0.2) is 48.3 Å². The fraction of sp³-hybridized carbons (Fsp3) is 1.00. The Hall–Kier alpha value is -0.120. The molecule has 2 N–H and O–H groups in total. The van der Waals surface area contributed by atoms with Crippen LogP contribution in [0.2, 0.25) is 0 Å². The van der Waals surface area contributed by atoms with Gasteiger partial charge in [0.15, 0.2) is 0 Å². The summed E-state index contributed by atoms with van der Waals surface area (Å²) in [6, 6.07) is 0.699. The molecule has 0 amide bonds. The minimum Gasteiger partial charge on any atom is -0.390 e. The Morgan fingerprint density at radius 1 is 1.18 bits per heavy atom. The molecule has 0 aromatic carbocycles. The smallest absolute Gasteiger partial charge is 0.0791 e. The lowest BCUT2D eigenvalue weighted by Crippen LogP contribution is -2.39. The Labute approximate surface area is 107 Å². The van der Waals surface area contributed by atoms with E-state index in [1.165, 1.54) is 38.5 Å². The lowest BCUT2D eigenvalue weighted by molar-refractivity contribution is 0.109. The standard InChI is InChI=1S/C14H30N2O/c1-3-5-9-16(10-6-4-2)12-14(17)11-15-13-7-8-13/h13-15,17H,3-12H2,1-2H3/t14-/m1/s1. The van der Waals surface area contributed by atoms with Crippen molar-refractivity contribution in [1.82, 2.24) is 10.2 Å². The van der Waals surface area contributed by atoms with E-state index in [2.05, 4.69) is 24.1 Å². The molecule has 0 heterocycles. The van der Waals surface area contributed by atoms with Gasteiger partial charge in [0.1, 0.15) is 0 Å². The molecule has 1 saturated carbocycles. The van der Waals surface area contributed by atoms with Crippen molar-refractivity contribution >= 4 is 0 Å². The molecule has 1 atom stereocenters. The van der Waals surface area contributed by atoms with Gasteiger partial charge in [-0.3, -0.25) is 0 Å². The van der Waals surface area contributed by atoms with Crippen molar-refractivity contribution in [1.29, 1.82) is 0 Å². The molecular formula is C14H30N2O. The number of rotatable bonds is 11. The molecule has 17 heavy (non-hydrogen) atoms. The lowest BCUT2D eigenvalue weighted by atomic mass is 10.2. The molecule has 0 unspecified atom stereocenters. The predicted molar refractivity (Wildman–Crippen MR) is 73.3 cm³/mol. The van der Waals surface area contributed by atoms with E-state index < -0.39 is 0 Å². The minimum absolute atomic E-state index is 0.204. The highest BCUT2D eigenvalue weighted by Gasteiger charge is 2.21. The highest BCUT2D eigenvalue weighted by molar-refractivity contribution is 4.82. The summed E-state index contributed by atoms with van der Waals surface area (Å²) in [5, 5.41) is 13.4. The second-order valence-electron chi connectivity index (χ2n) is 5.34. The van der Waals surface area contributed by atoms with E-state index in [9.17, 15) is 5.11 Å². The third kappa shape index (κ3) is 7.74. The van der Waals surface area contributed by atoms with Gasteiger partial charge in [0.25, 0.3) is 0 Å². The fourth-order valence-electron chi connectivity index (χ4n) is 2.01. The molecule has 0 aliphatic heterocycles. The number of hydrogen-bond acceptors (Lipinski definition) is 3. The number of nitrogens with one attached hydrogen (secondary N) is 1. The summed E-state index contributed by atoms with van der Waals surface area (Å²) in [6.45, 7) is 8.32. The van der Waals surface area contributed by atoms with Gasteiger partial charge in [-0.05, 0) is 38.8 Å². The monoisotopic (exact) mass is 242 g/mol. The van der Waals surface area contributed by atoms with Gasteiger partial charge in [0.2, 0.25) is 0 Å². The van der Waals surface area contributed by atoms with E-state index in [0.29, 0.717) is 6.04 Å². The number of hydrogen-bond donors (Lipinski definition) is 2. The first-order valence-electron chi connectivity index (χ1n) is 7.40. The zero-order valence-corrected chi connectivity index (χ0v) is 11.6. The Kier molecular flexibility index (Phi) is 7.82. The Morgan fingerprint density at radius 3 is 2.24 bits per heavy atom. The Morgan fingerprint density at radius 2 is 1.76 bits per heavy atom. The molecule has 3 nitrogen and oxygen atoms in total. The summed E-state index contributed by atoms with van der Waals surface area (Å²) in [5.41, 5.74) is 0. The topological polar surface area (TPSA) is 35.5 Å². The quantitative estimate of drug-likeness (QED) is 0.582. The third-order valence-electron chi connectivity index (χ3n) is 3.34. The molecule has 1 rings (SSSR count). The average molecular weight is 242 g/mol. The average Bonchev–Trinajstić information content (AvgIpc) is 3.14. The third-order valence-corrected chi connectivity index (χ3v) is 3.34. The van der Waals surface area contributed by atoms with Crippen molar-refractivity contribution in [3.8, 4) is 0 Å². The van der Waals surface area contributed by atoms with Crippen LogP contribution in [0.15, 0.2) is 0 Å². The van der Waals surface area contributed by atoms with Crippen LogP contribution >= 0.6 is 0 Å². The Balaban J connectivity index is 2.13. The molecule has 0 aromatic heterocycles. The van der Waals surface area contributed by atoms with Crippen LogP contribution in [0.5, 0.6) is 0 Å². The van der Waals surface area contributed by atoms with E-state index in [0.717, 1.165) is 26.2 Å². The van der Waals surface area contributed by atoms with E-state index >= 15 is 0 Å². The minimum atomic E-state index is -0.204. The molecule has 3 heteroatoms. The normalized spacial score (nSPS) is 17.6. The maximum absolute atomic E-state index is 9.99. The first kappa shape index (κ1) is 14.9. The maximum atomic E-state index is 9.99. The first-order chi connectivity index (χ1) is 8.26. The number of aliphatic hydroxyl groups excluding tert-OH is 1. The first-order valence-corrected chi connectivity index (χ1v) is 7.40. The number of unbranched alkanes of at least 4 members (excludes halogenated alkanes) is 2. The summed E-state index contributed by atoms with van der Waals surface area (Å²) < 4.78 is 0. The van der Waals surface area contributed by atoms with Gasteiger partial charge in [0, 0.05) is 19.1 Å². The van der Waals surface area contributed by atoms with Crippen molar-refractivity contribution in [2.75, 3.05) is 26.2 Å². The van der Waals surface area contributed by atoms with E-state index in [1.807, 2.05) is 0 Å². The van der Waals surface area contributed by atoms with Gasteiger partial charge >= 0.3 is 0 Å². The SMILES string of the molecule is CCCCN(CCCC)C[C@H](O)CNC1CC1. The summed E-state index contributed by atoms with van der Waals surface area (Å²) in [4.78, 5) is 2.42. The molecule has 1 aliphatic carbocycles. The molecule has 0 radical (unpaired) electrons. The predicted octanol–water partition coefficient (Wildman–Crippen LogP) is 2.00. The molecule has 1 fully saturated rings. The zero-order valence-electron chi connectivity index (χ0n) is 11.6. The van der Waals surface area contributed by atoms with Crippen LogP contribution in [0, 0.1) is 0 Å². The molecule has 1 aliphatic rings. The molecule has 0 saturated heterocycles. The lowest BCUT2D eigenvalue weighted by Gasteiger charge is -2.25. The highest BCUT2D eigenvalue weighted by atomic mass is 16.3. The van der Waals surface area contributed by atoms with E-state index in [1.54, 1.807) is 0 Å². The largest absolute Gasteiger partial charge is 0.390 e. The van der Waals surface area contributed by atoms with Crippen molar-refractivity contribution < 1.29 is 5.11 Å². The van der Waals surface area contributed by atoms with Gasteiger partial charge in [0.05, 0.1) is 6.10 Å². The van der Waals surface area contributed by atoms with Crippen LogP contribution in [0.25, 0.3) is 0 Å². The van der Waals surface area contributed by atoms with E-state index in [4.69, 9.17) is 0 Å². The summed E-state index contributed by atoms with van der Waals surface area (Å²) in [6.07, 6.45) is 7.34. The Bertz CT molecular complexity index is 175. The van der Waals surface area contributed by atoms with Crippen LogP contribution in [-0.2, 0) is 0 Å². The molecule has 102 valence electrons. The van der Waals surface area contributed by atoms with Crippen LogP contribution in [0.3, 0.4) is 0 Å². The number of aliphatic hydroxyl groups is 1. The second-order valence-corrected chi connectivity index (χ2v) is 5.34. The summed E-state index contributed by atoms with van der Waals surface area (Å²) >= 11 is 0. The van der Waals surface area contributed by atoms with Crippen molar-refractivity contribution in [3.05, 3.63) is 0 Å². The van der Waals surface area contributed by atoms with Crippen LogP contribution in [0.4, 0.5) is 0 Å². The molecule has 0 bridgehead atoms. The molecule has 0 aromatic rings. The summed E-state index contributed by atoms with van der Waals surface area (Å²) in [7, 11) is 0. The van der Waals surface area contributed by atoms with Gasteiger partial charge in [-0.15, -0.1) is 0 Å². The van der Waals surface area contributed by atoms with Crippen molar-refractivity contribution in [3.63, 3.8) is 0 Å². The van der Waals surface area contributed by atoms with Gasteiger partial charge in [-0.2, -0.15) is 0 Å². The summed E-state index contributed by atoms with van der Waals surface area (Å²) in [5.74, 6) is 0. The van der Waals surface area contributed by atoms with Gasteiger partial charge in [-0.25, -0.2) is 0 Å². The zero-order chi connectivity index (χ0) is 12.5. The van der Waals surface area contributed by atoms with Crippen molar-refractivity contribution in [2.24, 2.45) is 0 Å². The van der Waals surface area contributed by atoms with E-state index in [-0.39, 0.29) is 6.10 Å². The molecular weight excluding hydrogens is 212 g/mol. The van der Waals surface area contributed by atoms with Crippen molar-refractivity contribution in [2.45, 2.75) is 64.5 Å². The van der Waals surface area contributed by atoms with Gasteiger partial charge in [-0.1, -0.05) is 26.7 Å². The highest BCUT2D eigenvalue weighted by Crippen LogP contribution is 2.18. The van der Waals surface area contributed by atoms with Gasteiger partial charge < -0.3 is 15.3 Å². The fourth-order valence-corrected chi connectivity index (χ4v) is 2.01. The molecule has 0 spiro atoms. The van der Waals surface area contributed by atoms with Crippen LogP contribution < -0.4 is 5.32 Å². The van der Waals surface area contributed by atoms with Crippen LogP contribution in [0.1, 0.15) is 52.4 Å². The second kappa shape index (κ2) is 8.90.